The molecule has 11 aromatic carbocycles. The van der Waals surface area contributed by atoms with Crippen molar-refractivity contribution in [2.75, 3.05) is 0 Å². The molecule has 3 aromatic heterocycles. The normalized spacial score (nSPS) is 13.1. The summed E-state index contributed by atoms with van der Waals surface area (Å²) in [5, 5.41) is 13.0. The molecule has 0 saturated carbocycles. The zero-order valence-corrected chi connectivity index (χ0v) is 62.9. The topological polar surface area (TPSA) is 66.9 Å². The van der Waals surface area contributed by atoms with Gasteiger partial charge < -0.3 is 15.0 Å². The van der Waals surface area contributed by atoms with Crippen LogP contribution in [0.15, 0.2) is 200 Å². The summed E-state index contributed by atoms with van der Waals surface area (Å²) in [7, 11) is 0. The van der Waals surface area contributed by atoms with Gasteiger partial charge in [0.15, 0.2) is 0 Å². The van der Waals surface area contributed by atoms with E-state index in [1.807, 2.05) is 0 Å². The molecule has 0 atom stereocenters. The molecule has 0 spiro atoms. The molecular weight excluding hydrogens is 1380 g/mol. The van der Waals surface area contributed by atoms with Gasteiger partial charge in [0.25, 0.3) is 0 Å². The van der Waals surface area contributed by atoms with Gasteiger partial charge in [0.2, 0.25) is 0 Å². The first-order chi connectivity index (χ1) is 46.3. The van der Waals surface area contributed by atoms with Gasteiger partial charge in [-0.05, 0) is 218 Å². The standard InChI is InChI=1S/C93H87N5.Pt/c1-88(2,3)63-35-60(36-64(49-63)89(4,5)6)77-80-69-41-52-27-19-21-29-54(52)43-71(69)82(94-80)78(61-37-65(90(7,8)9)50-66(38-61)91(10,11)12)84-73-45-56-31-23-25-33-58(56)47-75(73)86(96-84)98-87-76-48-59-34-26-24-32-57(59)46-74(76)85(97-87)79(62-39-67(92(13,14)15)51-68(40-62)93(16,17)18)83-72-44-55-30-22-20-28-53(55)42-70(72)81(77)95-83;/h19-51H,1-18H3;/q-2;+2. The zero-order valence-electron chi connectivity index (χ0n) is 60.6. The van der Waals surface area contributed by atoms with Crippen molar-refractivity contribution in [1.29, 1.82) is 0 Å². The van der Waals surface area contributed by atoms with Crippen LogP contribution in [-0.2, 0) is 53.6 Å². The minimum atomic E-state index is -0.224. The molecule has 0 fully saturated rings. The van der Waals surface area contributed by atoms with E-state index in [1.54, 1.807) is 0 Å². The van der Waals surface area contributed by atoms with E-state index in [1.165, 1.54) is 33.4 Å². The fourth-order valence-electron chi connectivity index (χ4n) is 14.9. The van der Waals surface area contributed by atoms with E-state index in [-0.39, 0.29) is 53.6 Å². The molecule has 8 bridgehead atoms. The molecule has 494 valence electrons. The molecule has 2 aliphatic heterocycles. The Bertz CT molecular complexity index is 5760. The molecule has 5 heterocycles. The van der Waals surface area contributed by atoms with Crippen LogP contribution < -0.4 is 9.97 Å². The average Bonchev–Trinajstić information content (AvgIpc) is 1.56. The number of fused-ring (bicyclic) bond motifs is 24. The maximum absolute atomic E-state index is 6.47. The Balaban J connectivity index is 0.00000798. The molecule has 0 saturated heterocycles. The predicted octanol–water partition coefficient (Wildman–Crippen LogP) is 25.3. The van der Waals surface area contributed by atoms with Crippen LogP contribution in [0.3, 0.4) is 0 Å². The van der Waals surface area contributed by atoms with Crippen molar-refractivity contribution < 1.29 is 21.1 Å². The van der Waals surface area contributed by atoms with Gasteiger partial charge in [-0.25, -0.2) is 4.98 Å². The number of rotatable bonds is 3. The van der Waals surface area contributed by atoms with Crippen molar-refractivity contribution >= 4 is 86.8 Å². The van der Waals surface area contributed by atoms with Gasteiger partial charge in [0.05, 0.1) is 22.9 Å². The van der Waals surface area contributed by atoms with Crippen molar-refractivity contribution in [2.45, 2.75) is 157 Å². The Kier molecular flexibility index (Phi) is 15.2. The summed E-state index contributed by atoms with van der Waals surface area (Å²) in [4.78, 5) is 31.0. The van der Waals surface area contributed by atoms with Crippen molar-refractivity contribution in [2.24, 2.45) is 0 Å². The van der Waals surface area contributed by atoms with Gasteiger partial charge in [-0.3, -0.25) is 4.98 Å². The largest absolute Gasteiger partial charge is 2.00 e. The number of aromatic nitrogens is 5. The second-order valence-corrected chi connectivity index (χ2v) is 34.3. The third kappa shape index (κ3) is 11.3. The van der Waals surface area contributed by atoms with Crippen LogP contribution in [-0.4, -0.2) is 15.0 Å². The molecular formula is C93H87N5Pt. The first kappa shape index (κ1) is 65.6. The molecule has 14 aromatic rings. The second kappa shape index (κ2) is 22.9. The molecule has 0 amide bonds. The van der Waals surface area contributed by atoms with Gasteiger partial charge in [0, 0.05) is 27.8 Å². The Morgan fingerprint density at radius 2 is 0.485 bits per heavy atom. The summed E-state index contributed by atoms with van der Waals surface area (Å²) in [6.07, 6.45) is 0. The predicted molar refractivity (Wildman–Crippen MR) is 419 cm³/mol. The van der Waals surface area contributed by atoms with Gasteiger partial charge in [-0.2, -0.15) is 0 Å². The van der Waals surface area contributed by atoms with Crippen LogP contribution in [0.1, 0.15) is 158 Å². The van der Waals surface area contributed by atoms with Crippen LogP contribution in [0.2, 0.25) is 0 Å². The summed E-state index contributed by atoms with van der Waals surface area (Å²) in [5.74, 6) is 0.604. The molecule has 0 unspecified atom stereocenters. The minimum Gasteiger partial charge on any atom is -0.656 e. The van der Waals surface area contributed by atoms with Crippen molar-refractivity contribution in [3.05, 3.63) is 234 Å². The van der Waals surface area contributed by atoms with E-state index >= 15 is 0 Å². The molecule has 2 aliphatic rings. The average molecular weight is 1470 g/mol. The Labute approximate surface area is 597 Å². The van der Waals surface area contributed by atoms with Crippen LogP contribution in [0.4, 0.5) is 0 Å². The van der Waals surface area contributed by atoms with Crippen LogP contribution >= 0.6 is 0 Å². The van der Waals surface area contributed by atoms with Crippen LogP contribution in [0.5, 0.6) is 0 Å². The van der Waals surface area contributed by atoms with Gasteiger partial charge >= 0.3 is 21.1 Å². The smallest absolute Gasteiger partial charge is 0.656 e. The number of hydrogen-bond acceptors (Lipinski definition) is 3. The van der Waals surface area contributed by atoms with E-state index in [2.05, 4.69) is 325 Å². The third-order valence-electron chi connectivity index (χ3n) is 20.9. The number of hydrogen-bond donors (Lipinski definition) is 0. The van der Waals surface area contributed by atoms with E-state index in [0.29, 0.717) is 11.5 Å². The quantitative estimate of drug-likeness (QED) is 0.176. The molecule has 5 nitrogen and oxygen atoms in total. The first-order valence-electron chi connectivity index (χ1n) is 35.1. The SMILES string of the molecule is CC(C)(C)c1cc(-c2c3nc(c(-c4cc(C(C)(C)C)cc(C(C)(C)C)c4)c4[n-]c(c(-c5cc(C(C)(C)C)cc(C(C)(C)C)c5)c5nc(nc6[n-]c2c2cc7ccccc7cc62)-c2cc6ccccc6cc2-5)c2cc5ccccc5cc42)-c2cc4ccccc4cc2-3)cc(C(C)(C)C)c1.[Pt+2]. The Morgan fingerprint density at radius 3 is 0.788 bits per heavy atom. The summed E-state index contributed by atoms with van der Waals surface area (Å²) in [6, 6.07) is 76.0. The van der Waals surface area contributed by atoms with Crippen LogP contribution in [0, 0.1) is 0 Å². The van der Waals surface area contributed by atoms with Gasteiger partial charge in [0.1, 0.15) is 0 Å². The third-order valence-corrected chi connectivity index (χ3v) is 20.9. The molecule has 0 N–H and O–H groups in total. The summed E-state index contributed by atoms with van der Waals surface area (Å²) < 4.78 is 0. The molecule has 0 radical (unpaired) electrons. The summed E-state index contributed by atoms with van der Waals surface area (Å²) in [6.45, 7) is 42.0. The first-order valence-corrected chi connectivity index (χ1v) is 35.1. The number of benzene rings is 11. The molecule has 0 aliphatic carbocycles. The molecule has 99 heavy (non-hydrogen) atoms. The molecule has 6 heteroatoms. The maximum Gasteiger partial charge on any atom is 2.00 e. The van der Waals surface area contributed by atoms with E-state index in [9.17, 15) is 0 Å². The number of nitrogens with zero attached hydrogens (tertiary/aromatic N) is 5. The van der Waals surface area contributed by atoms with Crippen molar-refractivity contribution in [1.82, 2.24) is 24.9 Å². The fourth-order valence-corrected chi connectivity index (χ4v) is 14.9. The van der Waals surface area contributed by atoms with Crippen molar-refractivity contribution in [3.63, 3.8) is 0 Å². The molecule has 16 rings (SSSR count). The Morgan fingerprint density at radius 1 is 0.242 bits per heavy atom. The fraction of sp³-hybridized carbons (Fsp3) is 0.258. The summed E-state index contributed by atoms with van der Waals surface area (Å²) in [5.41, 5.74) is 21.9. The van der Waals surface area contributed by atoms with E-state index < -0.39 is 0 Å². The Hall–Kier alpha value is -9.28. The zero-order chi connectivity index (χ0) is 68.7. The second-order valence-electron chi connectivity index (χ2n) is 34.3. The van der Waals surface area contributed by atoms with Gasteiger partial charge in [-0.1, -0.05) is 276 Å². The van der Waals surface area contributed by atoms with Gasteiger partial charge in [-0.15, -0.1) is 11.0 Å². The summed E-state index contributed by atoms with van der Waals surface area (Å²) >= 11 is 0. The minimum absolute atomic E-state index is 0. The monoisotopic (exact) mass is 1470 g/mol. The maximum atomic E-state index is 6.47. The van der Waals surface area contributed by atoms with E-state index in [4.69, 9.17) is 24.9 Å². The van der Waals surface area contributed by atoms with E-state index in [0.717, 1.165) is 154 Å². The van der Waals surface area contributed by atoms with Crippen molar-refractivity contribution in [3.8, 4) is 78.5 Å². The van der Waals surface area contributed by atoms with Crippen LogP contribution in [0.25, 0.3) is 165 Å².